The van der Waals surface area contributed by atoms with Crippen LogP contribution >= 0.6 is 0 Å². The van der Waals surface area contributed by atoms with Gasteiger partial charge >= 0.3 is 58.6 Å². The quantitative estimate of drug-likeness (QED) is 0.443. The van der Waals surface area contributed by atoms with E-state index in [9.17, 15) is 0 Å². The van der Waals surface area contributed by atoms with Crippen molar-refractivity contribution < 1.29 is 58.6 Å². The zero-order chi connectivity index (χ0) is 6.50. The van der Waals surface area contributed by atoms with Crippen molar-refractivity contribution in [2.45, 2.75) is 0 Å². The number of hydrogen-bond acceptors (Lipinski definition) is 5. The molecule has 0 spiro atoms. The predicted molar refractivity (Wildman–Crippen MR) is 2.06 cm³/mol. The Morgan fingerprint density at radius 2 is 1.14 bits per heavy atom. The molecule has 0 aromatic carbocycles. The Kier molecular flexibility index (Phi) is 7.77. The Morgan fingerprint density at radius 1 is 1.14 bits per heavy atom. The summed E-state index contributed by atoms with van der Waals surface area (Å²) in [5.74, 6) is 0. The fourth-order valence-corrected chi connectivity index (χ4v) is 0. The van der Waals surface area contributed by atoms with Crippen molar-refractivity contribution in [1.82, 2.24) is 0 Å². The van der Waals surface area contributed by atoms with Crippen LogP contribution in [0, 0.1) is 0 Å². The first-order chi connectivity index (χ1) is 3.00. The molecule has 5 nitrogen and oxygen atoms in total. The van der Waals surface area contributed by atoms with E-state index in [1.165, 1.54) is 0 Å². The zero-order valence-corrected chi connectivity index (χ0v) is 7.41. The second-order valence-corrected chi connectivity index (χ2v) is 2.42. The summed E-state index contributed by atoms with van der Waals surface area (Å²) < 4.78 is 42.8. The van der Waals surface area contributed by atoms with Crippen LogP contribution in [-0.4, -0.2) is 0 Å². The van der Waals surface area contributed by atoms with Gasteiger partial charge in [-0.25, -0.2) is 0 Å². The molecule has 0 saturated heterocycles. The molecule has 7 heteroatoms. The van der Waals surface area contributed by atoms with Crippen LogP contribution in [0.2, 0.25) is 0 Å². The minimum absolute atomic E-state index is 0.300. The van der Waals surface area contributed by atoms with E-state index in [0.717, 1.165) is 0 Å². The van der Waals surface area contributed by atoms with Gasteiger partial charge < -0.3 is 0 Å². The van der Waals surface area contributed by atoms with E-state index in [1.54, 1.807) is 0 Å². The van der Waals surface area contributed by atoms with Crippen molar-refractivity contribution in [2.24, 2.45) is 0 Å². The molecule has 0 amide bonds. The van der Waals surface area contributed by atoms with Gasteiger partial charge in [0.05, 0.1) is 0 Å². The summed E-state index contributed by atoms with van der Waals surface area (Å²) in [5, 5.41) is 0. The molecule has 0 radical (unpaired) electrons. The summed E-state index contributed by atoms with van der Waals surface area (Å²) in [6, 6.07) is 0. The molecule has 0 N–H and O–H groups in total. The Bertz CT molecular complexity index is 102. The third-order valence-electron chi connectivity index (χ3n) is 0. The Balaban J connectivity index is 0. The van der Waals surface area contributed by atoms with Crippen molar-refractivity contribution in [1.29, 1.82) is 0 Å². The van der Waals surface area contributed by atoms with Gasteiger partial charge in [0.25, 0.3) is 0 Å². The SMILES string of the molecule is [O]=[Mo](=[O])([O-])[O-].[O]=[Zr+2]. The molecule has 0 rings (SSSR count). The molecular formula is MoO5Zr. The molecule has 0 aromatic rings. The molecule has 0 heterocycles. The molecular weight excluding hydrogens is 267 g/mol. The van der Waals surface area contributed by atoms with Gasteiger partial charge in [0.1, 0.15) is 0 Å². The first kappa shape index (κ1) is 10.8. The summed E-state index contributed by atoms with van der Waals surface area (Å²) in [6.07, 6.45) is 0. The van der Waals surface area contributed by atoms with Gasteiger partial charge in [0.15, 0.2) is 0 Å². The van der Waals surface area contributed by atoms with Crippen LogP contribution in [-0.2, 0) is 51.1 Å². The molecule has 0 fully saturated rings. The Hall–Kier alpha value is 0.891. The van der Waals surface area contributed by atoms with Crippen LogP contribution in [0.3, 0.4) is 0 Å². The third kappa shape index (κ3) is 207. The van der Waals surface area contributed by atoms with Gasteiger partial charge in [-0.05, 0) is 0 Å². The fourth-order valence-electron chi connectivity index (χ4n) is 0. The van der Waals surface area contributed by atoms with Crippen LogP contribution in [0.1, 0.15) is 0 Å². The van der Waals surface area contributed by atoms with Crippen LogP contribution in [0.25, 0.3) is 0 Å². The van der Waals surface area contributed by atoms with Gasteiger partial charge in [-0.2, -0.15) is 0 Å². The van der Waals surface area contributed by atoms with Crippen molar-refractivity contribution in [2.75, 3.05) is 0 Å². The fraction of sp³-hybridized carbons (Fsp3) is 0. The molecule has 7 heavy (non-hydrogen) atoms. The van der Waals surface area contributed by atoms with Crippen LogP contribution in [0.4, 0.5) is 0 Å². The van der Waals surface area contributed by atoms with E-state index >= 15 is 0 Å². The van der Waals surface area contributed by atoms with Crippen molar-refractivity contribution >= 4 is 0 Å². The van der Waals surface area contributed by atoms with Gasteiger partial charge in [0, 0.05) is 0 Å². The first-order valence-electron chi connectivity index (χ1n) is 0.871. The van der Waals surface area contributed by atoms with E-state index in [1.807, 2.05) is 0 Å². The number of rotatable bonds is 0. The molecule has 0 aliphatic carbocycles. The van der Waals surface area contributed by atoms with Gasteiger partial charge in [-0.3, -0.25) is 0 Å². The maximum atomic E-state index is 8.63. The van der Waals surface area contributed by atoms with Crippen LogP contribution in [0.5, 0.6) is 0 Å². The second kappa shape index (κ2) is 5.04. The molecule has 0 saturated carbocycles. The van der Waals surface area contributed by atoms with E-state index in [4.69, 9.17) is 17.1 Å². The van der Waals surface area contributed by atoms with Gasteiger partial charge in [0.2, 0.25) is 0 Å². The summed E-state index contributed by atoms with van der Waals surface area (Å²) >= 11 is -5.72. The Labute approximate surface area is 58.4 Å². The second-order valence-electron chi connectivity index (χ2n) is 0.408. The third-order valence-corrected chi connectivity index (χ3v) is 0. The topological polar surface area (TPSA) is 97.3 Å². The van der Waals surface area contributed by atoms with E-state index in [0.29, 0.717) is 24.7 Å². The van der Waals surface area contributed by atoms with Crippen LogP contribution in [0.15, 0.2) is 0 Å². The van der Waals surface area contributed by atoms with Crippen molar-refractivity contribution in [3.8, 4) is 0 Å². The molecule has 40 valence electrons. The van der Waals surface area contributed by atoms with Gasteiger partial charge in [-0.15, -0.1) is 0 Å². The molecule has 0 unspecified atom stereocenters. The van der Waals surface area contributed by atoms with Crippen molar-refractivity contribution in [3.05, 3.63) is 0 Å². The van der Waals surface area contributed by atoms with E-state index in [-0.39, 0.29) is 0 Å². The van der Waals surface area contributed by atoms with E-state index in [2.05, 4.69) is 0 Å². The molecule has 0 aliphatic rings. The monoisotopic (exact) mass is 268 g/mol. The zero-order valence-electron chi connectivity index (χ0n) is 2.95. The molecule has 0 aliphatic heterocycles. The summed E-state index contributed by atoms with van der Waals surface area (Å²) in [7, 11) is 0. The number of hydrogen-bond donors (Lipinski definition) is 0. The Morgan fingerprint density at radius 3 is 1.14 bits per heavy atom. The maximum absolute atomic E-state index is 8.63. The average Bonchev–Trinajstić information content (AvgIpc) is 1.36. The predicted octanol–water partition coefficient (Wildman–Crippen LogP) is -2.74. The van der Waals surface area contributed by atoms with Gasteiger partial charge in [-0.1, -0.05) is 0 Å². The normalized spacial score (nSPS) is 9.14. The van der Waals surface area contributed by atoms with E-state index < -0.39 is 16.7 Å². The van der Waals surface area contributed by atoms with Crippen molar-refractivity contribution in [3.63, 3.8) is 0 Å². The molecule has 0 aromatic heterocycles. The molecule has 0 atom stereocenters. The minimum atomic E-state index is -6.02. The standard InChI is InChI=1S/Mo.5O.Zr/q;;;;2*-1;+2. The summed E-state index contributed by atoms with van der Waals surface area (Å²) in [5.41, 5.74) is 0. The summed E-state index contributed by atoms with van der Waals surface area (Å²) in [6.45, 7) is 0. The average molecular weight is 267 g/mol. The van der Waals surface area contributed by atoms with Crippen LogP contribution < -0.4 is 7.52 Å². The first-order valence-corrected chi connectivity index (χ1v) is 5.15. The summed E-state index contributed by atoms with van der Waals surface area (Å²) in [4.78, 5) is 0. The molecule has 0 bridgehead atoms.